The lowest BCUT2D eigenvalue weighted by Gasteiger charge is -2.35. The van der Waals surface area contributed by atoms with E-state index in [1.807, 2.05) is 25.3 Å². The summed E-state index contributed by atoms with van der Waals surface area (Å²) in [6, 6.07) is 9.01. The predicted molar refractivity (Wildman–Crippen MR) is 137 cm³/mol. The molecular weight excluding hydrogens is 510 g/mol. The van der Waals surface area contributed by atoms with Gasteiger partial charge in [0, 0.05) is 64.7 Å². The molecule has 0 atom stereocenters. The van der Waals surface area contributed by atoms with Crippen LogP contribution in [-0.2, 0) is 0 Å². The molecule has 1 aliphatic heterocycles. The van der Waals surface area contributed by atoms with Gasteiger partial charge in [-0.3, -0.25) is 4.90 Å². The van der Waals surface area contributed by atoms with Gasteiger partial charge in [0.15, 0.2) is 0 Å². The highest BCUT2D eigenvalue weighted by atomic mass is 35.5. The van der Waals surface area contributed by atoms with E-state index in [9.17, 15) is 0 Å². The molecule has 2 aromatic carbocycles. The van der Waals surface area contributed by atoms with Crippen molar-refractivity contribution < 1.29 is 0 Å². The van der Waals surface area contributed by atoms with E-state index in [0.29, 0.717) is 30.8 Å². The van der Waals surface area contributed by atoms with Crippen molar-refractivity contribution in [1.82, 2.24) is 14.7 Å². The first-order chi connectivity index (χ1) is 15.3. The number of anilines is 1. The molecule has 0 bridgehead atoms. The maximum absolute atomic E-state index is 6.36. The lowest BCUT2D eigenvalue weighted by Crippen LogP contribution is -2.46. The largest absolute Gasteiger partial charge is 0.369 e. The second kappa shape index (κ2) is 10.3. The molecular formula is C23H21Cl5N4. The van der Waals surface area contributed by atoms with Crippen LogP contribution in [0, 0.1) is 6.92 Å². The van der Waals surface area contributed by atoms with Gasteiger partial charge in [0.2, 0.25) is 0 Å². The SMILES string of the molecule is Cc1c(C=CCN2CCN(c3cc(Cl)cc(Cl)c3)CC2)cnn1-c1c(Cl)cc(Cl)cc1Cl. The molecule has 0 saturated carbocycles. The molecule has 0 aliphatic carbocycles. The molecule has 1 fully saturated rings. The summed E-state index contributed by atoms with van der Waals surface area (Å²) in [7, 11) is 0. The Labute approximate surface area is 212 Å². The van der Waals surface area contributed by atoms with Gasteiger partial charge in [-0.05, 0) is 37.3 Å². The molecule has 3 aromatic rings. The molecule has 9 heteroatoms. The summed E-state index contributed by atoms with van der Waals surface area (Å²) in [6.45, 7) is 6.62. The minimum atomic E-state index is 0.461. The molecule has 168 valence electrons. The number of piperazine rings is 1. The van der Waals surface area contributed by atoms with E-state index in [-0.39, 0.29) is 0 Å². The number of halogens is 5. The van der Waals surface area contributed by atoms with E-state index in [1.54, 1.807) is 22.9 Å². The van der Waals surface area contributed by atoms with Crippen molar-refractivity contribution in [3.63, 3.8) is 0 Å². The molecule has 4 nitrogen and oxygen atoms in total. The van der Waals surface area contributed by atoms with Gasteiger partial charge in [-0.25, -0.2) is 4.68 Å². The Morgan fingerprint density at radius 3 is 2.06 bits per heavy atom. The Bertz CT molecular complexity index is 1110. The van der Waals surface area contributed by atoms with Crippen LogP contribution in [0.3, 0.4) is 0 Å². The fraction of sp³-hybridized carbons (Fsp3) is 0.261. The van der Waals surface area contributed by atoms with Crippen LogP contribution < -0.4 is 4.90 Å². The Kier molecular flexibility index (Phi) is 7.61. The molecule has 1 saturated heterocycles. The van der Waals surface area contributed by atoms with Crippen molar-refractivity contribution in [2.75, 3.05) is 37.6 Å². The van der Waals surface area contributed by atoms with Crippen LogP contribution in [0.4, 0.5) is 5.69 Å². The predicted octanol–water partition coefficient (Wildman–Crippen LogP) is 7.28. The molecule has 2 heterocycles. The molecule has 4 rings (SSSR count). The van der Waals surface area contributed by atoms with E-state index < -0.39 is 0 Å². The first-order valence-corrected chi connectivity index (χ1v) is 12.0. The molecule has 32 heavy (non-hydrogen) atoms. The van der Waals surface area contributed by atoms with E-state index in [1.165, 1.54) is 0 Å². The number of hydrogen-bond donors (Lipinski definition) is 0. The standard InChI is InChI=1S/C23H21Cl5N4/c1-15-16(14-29-32(15)23-21(27)12-19(26)13-22(23)28)3-2-4-30-5-7-31(8-6-30)20-10-17(24)9-18(25)11-20/h2-3,9-14H,4-8H2,1H3. The average molecular weight is 531 g/mol. The topological polar surface area (TPSA) is 24.3 Å². The number of aromatic nitrogens is 2. The van der Waals surface area contributed by atoms with Crippen LogP contribution in [0.1, 0.15) is 11.3 Å². The van der Waals surface area contributed by atoms with Gasteiger partial charge in [-0.15, -0.1) is 0 Å². The Morgan fingerprint density at radius 2 is 1.44 bits per heavy atom. The van der Waals surface area contributed by atoms with Gasteiger partial charge in [0.1, 0.15) is 5.69 Å². The van der Waals surface area contributed by atoms with Gasteiger partial charge in [-0.1, -0.05) is 70.2 Å². The molecule has 1 aromatic heterocycles. The minimum Gasteiger partial charge on any atom is -0.369 e. The van der Waals surface area contributed by atoms with Gasteiger partial charge < -0.3 is 4.90 Å². The second-order valence-electron chi connectivity index (χ2n) is 7.63. The van der Waals surface area contributed by atoms with E-state index in [2.05, 4.69) is 27.1 Å². The highest BCUT2D eigenvalue weighted by Gasteiger charge is 2.18. The Morgan fingerprint density at radius 1 is 0.844 bits per heavy atom. The van der Waals surface area contributed by atoms with Gasteiger partial charge >= 0.3 is 0 Å². The third-order valence-corrected chi connectivity index (χ3v) is 6.72. The summed E-state index contributed by atoms with van der Waals surface area (Å²) < 4.78 is 1.75. The summed E-state index contributed by atoms with van der Waals surface area (Å²) in [5.41, 5.74) is 3.67. The maximum atomic E-state index is 6.36. The zero-order valence-electron chi connectivity index (χ0n) is 17.3. The van der Waals surface area contributed by atoms with Crippen LogP contribution in [0.5, 0.6) is 0 Å². The smallest absolute Gasteiger partial charge is 0.102 e. The molecule has 1 aliphatic rings. The van der Waals surface area contributed by atoms with Crippen molar-refractivity contribution in [2.45, 2.75) is 6.92 Å². The number of hydrogen-bond acceptors (Lipinski definition) is 3. The van der Waals surface area contributed by atoms with E-state index in [0.717, 1.165) is 49.7 Å². The summed E-state index contributed by atoms with van der Waals surface area (Å²) in [6.07, 6.45) is 6.05. The first kappa shape index (κ1) is 23.7. The van der Waals surface area contributed by atoms with Gasteiger partial charge in [0.05, 0.1) is 16.2 Å². The average Bonchev–Trinajstić information content (AvgIpc) is 3.07. The summed E-state index contributed by atoms with van der Waals surface area (Å²) >= 11 is 31.0. The maximum Gasteiger partial charge on any atom is 0.102 e. The molecule has 0 N–H and O–H groups in total. The van der Waals surface area contributed by atoms with Crippen LogP contribution in [0.2, 0.25) is 25.1 Å². The van der Waals surface area contributed by atoms with Gasteiger partial charge in [-0.2, -0.15) is 5.10 Å². The fourth-order valence-electron chi connectivity index (χ4n) is 3.79. The first-order valence-electron chi connectivity index (χ1n) is 10.1. The van der Waals surface area contributed by atoms with E-state index >= 15 is 0 Å². The van der Waals surface area contributed by atoms with Crippen LogP contribution in [0.15, 0.2) is 42.6 Å². The third kappa shape index (κ3) is 5.39. The quantitative estimate of drug-likeness (QED) is 0.346. The molecule has 0 unspecified atom stereocenters. The van der Waals surface area contributed by atoms with Crippen molar-refractivity contribution in [2.24, 2.45) is 0 Å². The minimum absolute atomic E-state index is 0.461. The number of benzene rings is 2. The second-order valence-corrected chi connectivity index (χ2v) is 9.76. The van der Waals surface area contributed by atoms with Crippen LogP contribution in [-0.4, -0.2) is 47.4 Å². The Balaban J connectivity index is 1.38. The lowest BCUT2D eigenvalue weighted by molar-refractivity contribution is 0.284. The highest BCUT2D eigenvalue weighted by Crippen LogP contribution is 2.33. The molecule has 0 amide bonds. The molecule has 0 radical (unpaired) electrons. The van der Waals surface area contributed by atoms with E-state index in [4.69, 9.17) is 58.0 Å². The highest BCUT2D eigenvalue weighted by molar-refractivity contribution is 6.40. The summed E-state index contributed by atoms with van der Waals surface area (Å²) in [4.78, 5) is 4.72. The van der Waals surface area contributed by atoms with Crippen LogP contribution >= 0.6 is 58.0 Å². The third-order valence-electron chi connectivity index (χ3n) is 5.49. The fourth-order valence-corrected chi connectivity index (χ4v) is 5.28. The van der Waals surface area contributed by atoms with Crippen molar-refractivity contribution in [3.05, 3.63) is 79.0 Å². The summed E-state index contributed by atoms with van der Waals surface area (Å²) in [5.74, 6) is 0. The normalized spacial score (nSPS) is 15.1. The number of nitrogens with zero attached hydrogens (tertiary/aromatic N) is 4. The van der Waals surface area contributed by atoms with Crippen molar-refractivity contribution >= 4 is 69.8 Å². The summed E-state index contributed by atoms with van der Waals surface area (Å²) in [5, 5.41) is 7.21. The van der Waals surface area contributed by atoms with Crippen LogP contribution in [0.25, 0.3) is 11.8 Å². The van der Waals surface area contributed by atoms with Crippen molar-refractivity contribution in [3.8, 4) is 5.69 Å². The van der Waals surface area contributed by atoms with Gasteiger partial charge in [0.25, 0.3) is 0 Å². The Hall–Kier alpha value is -1.40. The molecule has 0 spiro atoms. The number of rotatable bonds is 5. The zero-order chi connectivity index (χ0) is 22.8. The lowest BCUT2D eigenvalue weighted by atomic mass is 10.2. The monoisotopic (exact) mass is 528 g/mol. The van der Waals surface area contributed by atoms with Crippen molar-refractivity contribution in [1.29, 1.82) is 0 Å². The zero-order valence-corrected chi connectivity index (χ0v) is 21.1.